The fourth-order valence-corrected chi connectivity index (χ4v) is 1.84. The Morgan fingerprint density at radius 3 is 2.80 bits per heavy atom. The number of benzene rings is 1. The van der Waals surface area contributed by atoms with E-state index in [0.717, 1.165) is 11.3 Å². The summed E-state index contributed by atoms with van der Waals surface area (Å²) >= 11 is 0. The van der Waals surface area contributed by atoms with Gasteiger partial charge < -0.3 is 10.7 Å². The van der Waals surface area contributed by atoms with Crippen molar-refractivity contribution in [3.05, 3.63) is 53.1 Å². The van der Waals surface area contributed by atoms with Crippen LogP contribution in [0.3, 0.4) is 0 Å². The van der Waals surface area contributed by atoms with Gasteiger partial charge in [0.1, 0.15) is 5.82 Å². The summed E-state index contributed by atoms with van der Waals surface area (Å²) in [4.78, 5) is 20.4. The minimum atomic E-state index is -0.196. The SMILES string of the molecule is Cc1ccc(NN)c(C(=O)NCc2ccnc(C)n2)c1. The number of nitrogen functional groups attached to an aromatic ring is 1. The van der Waals surface area contributed by atoms with Gasteiger partial charge in [0, 0.05) is 6.20 Å². The Morgan fingerprint density at radius 1 is 1.30 bits per heavy atom. The molecule has 104 valence electrons. The number of hydrogen-bond donors (Lipinski definition) is 3. The van der Waals surface area contributed by atoms with Gasteiger partial charge in [0.2, 0.25) is 0 Å². The molecule has 0 aliphatic heterocycles. The molecule has 6 nitrogen and oxygen atoms in total. The molecule has 0 spiro atoms. The number of nitrogens with zero attached hydrogens (tertiary/aromatic N) is 2. The lowest BCUT2D eigenvalue weighted by Crippen LogP contribution is -2.25. The third kappa shape index (κ3) is 3.30. The summed E-state index contributed by atoms with van der Waals surface area (Å²) in [5, 5.41) is 2.82. The molecule has 20 heavy (non-hydrogen) atoms. The van der Waals surface area contributed by atoms with E-state index in [1.165, 1.54) is 0 Å². The number of nitrogens with two attached hydrogens (primary N) is 1. The molecular formula is C14H17N5O. The van der Waals surface area contributed by atoms with Gasteiger partial charge in [-0.1, -0.05) is 11.6 Å². The number of aromatic nitrogens is 2. The average molecular weight is 271 g/mol. The van der Waals surface area contributed by atoms with Crippen LogP contribution in [0.15, 0.2) is 30.5 Å². The predicted octanol–water partition coefficient (Wildman–Crippen LogP) is 1.31. The first-order chi connectivity index (χ1) is 9.60. The number of aryl methyl sites for hydroxylation is 2. The lowest BCUT2D eigenvalue weighted by molar-refractivity contribution is 0.0951. The molecule has 1 aromatic heterocycles. The van der Waals surface area contributed by atoms with Crippen LogP contribution >= 0.6 is 0 Å². The number of hydrogen-bond acceptors (Lipinski definition) is 5. The van der Waals surface area contributed by atoms with Crippen molar-refractivity contribution in [1.82, 2.24) is 15.3 Å². The second-order valence-electron chi connectivity index (χ2n) is 4.47. The van der Waals surface area contributed by atoms with E-state index in [0.29, 0.717) is 23.6 Å². The van der Waals surface area contributed by atoms with Crippen molar-refractivity contribution in [2.75, 3.05) is 5.43 Å². The Morgan fingerprint density at radius 2 is 2.10 bits per heavy atom. The van der Waals surface area contributed by atoms with Crippen LogP contribution in [0.1, 0.15) is 27.4 Å². The number of hydrazine groups is 1. The number of anilines is 1. The first-order valence-corrected chi connectivity index (χ1v) is 6.24. The summed E-state index contributed by atoms with van der Waals surface area (Å²) in [5.41, 5.74) is 5.38. The molecule has 1 amide bonds. The highest BCUT2D eigenvalue weighted by Gasteiger charge is 2.11. The van der Waals surface area contributed by atoms with Gasteiger partial charge in [0.25, 0.3) is 5.91 Å². The Balaban J connectivity index is 2.10. The van der Waals surface area contributed by atoms with Gasteiger partial charge in [-0.15, -0.1) is 0 Å². The molecule has 0 bridgehead atoms. The van der Waals surface area contributed by atoms with Crippen molar-refractivity contribution in [2.45, 2.75) is 20.4 Å². The van der Waals surface area contributed by atoms with E-state index in [9.17, 15) is 4.79 Å². The Kier molecular flexibility index (Phi) is 4.27. The van der Waals surface area contributed by atoms with Crippen LogP contribution < -0.4 is 16.6 Å². The number of carbonyl (C=O) groups is 1. The first kappa shape index (κ1) is 14.0. The van der Waals surface area contributed by atoms with Crippen molar-refractivity contribution in [3.63, 3.8) is 0 Å². The molecule has 0 fully saturated rings. The lowest BCUT2D eigenvalue weighted by atomic mass is 10.1. The normalized spacial score (nSPS) is 10.2. The molecule has 2 aromatic rings. The average Bonchev–Trinajstić information content (AvgIpc) is 2.45. The standard InChI is InChI=1S/C14H17N5O/c1-9-3-4-13(19-15)12(7-9)14(20)17-8-11-5-6-16-10(2)18-11/h3-7,19H,8,15H2,1-2H3,(H,17,20). The van der Waals surface area contributed by atoms with E-state index in [2.05, 4.69) is 20.7 Å². The van der Waals surface area contributed by atoms with Crippen LogP contribution in [0.25, 0.3) is 0 Å². The summed E-state index contributed by atoms with van der Waals surface area (Å²) in [6.45, 7) is 4.08. The third-order valence-electron chi connectivity index (χ3n) is 2.84. The Labute approximate surface area is 117 Å². The Bertz CT molecular complexity index is 627. The van der Waals surface area contributed by atoms with Gasteiger partial charge in [-0.25, -0.2) is 9.97 Å². The minimum Gasteiger partial charge on any atom is -0.346 e. The number of amides is 1. The molecule has 0 aliphatic carbocycles. The molecular weight excluding hydrogens is 254 g/mol. The molecule has 4 N–H and O–H groups in total. The summed E-state index contributed by atoms with van der Waals surface area (Å²) in [6, 6.07) is 7.22. The maximum atomic E-state index is 12.2. The van der Waals surface area contributed by atoms with E-state index in [1.54, 1.807) is 24.4 Å². The van der Waals surface area contributed by atoms with Crippen LogP contribution in [0, 0.1) is 13.8 Å². The number of carbonyl (C=O) groups excluding carboxylic acids is 1. The summed E-state index contributed by atoms with van der Waals surface area (Å²) in [6.07, 6.45) is 1.67. The topological polar surface area (TPSA) is 92.9 Å². The number of nitrogens with one attached hydrogen (secondary N) is 2. The fourth-order valence-electron chi connectivity index (χ4n) is 1.84. The zero-order chi connectivity index (χ0) is 14.5. The van der Waals surface area contributed by atoms with Crippen molar-refractivity contribution >= 4 is 11.6 Å². The van der Waals surface area contributed by atoms with E-state index in [4.69, 9.17) is 5.84 Å². The highest BCUT2D eigenvalue weighted by atomic mass is 16.1. The second-order valence-corrected chi connectivity index (χ2v) is 4.47. The van der Waals surface area contributed by atoms with Crippen molar-refractivity contribution in [1.29, 1.82) is 0 Å². The quantitative estimate of drug-likeness (QED) is 0.576. The maximum Gasteiger partial charge on any atom is 0.253 e. The largest absolute Gasteiger partial charge is 0.346 e. The third-order valence-corrected chi connectivity index (χ3v) is 2.84. The molecule has 0 aliphatic rings. The second kappa shape index (κ2) is 6.12. The molecule has 0 saturated heterocycles. The van der Waals surface area contributed by atoms with Gasteiger partial charge in [-0.05, 0) is 32.0 Å². The van der Waals surface area contributed by atoms with Crippen molar-refractivity contribution < 1.29 is 4.79 Å². The van der Waals surface area contributed by atoms with Gasteiger partial charge in [-0.2, -0.15) is 0 Å². The zero-order valence-corrected chi connectivity index (χ0v) is 11.5. The van der Waals surface area contributed by atoms with Gasteiger partial charge in [0.05, 0.1) is 23.5 Å². The van der Waals surface area contributed by atoms with E-state index in [1.807, 2.05) is 19.9 Å². The highest BCUT2D eigenvalue weighted by molar-refractivity contribution is 5.99. The van der Waals surface area contributed by atoms with Crippen molar-refractivity contribution in [3.8, 4) is 0 Å². The van der Waals surface area contributed by atoms with Gasteiger partial charge in [0.15, 0.2) is 0 Å². The van der Waals surface area contributed by atoms with Crippen LogP contribution in [0.4, 0.5) is 5.69 Å². The molecule has 1 heterocycles. The van der Waals surface area contributed by atoms with Gasteiger partial charge >= 0.3 is 0 Å². The molecule has 0 saturated carbocycles. The molecule has 0 atom stereocenters. The molecule has 0 radical (unpaired) electrons. The maximum absolute atomic E-state index is 12.2. The summed E-state index contributed by atoms with van der Waals surface area (Å²) in [5.74, 6) is 5.90. The lowest BCUT2D eigenvalue weighted by Gasteiger charge is -2.10. The summed E-state index contributed by atoms with van der Waals surface area (Å²) in [7, 11) is 0. The molecule has 2 rings (SSSR count). The van der Waals surface area contributed by atoms with Crippen molar-refractivity contribution in [2.24, 2.45) is 5.84 Å². The van der Waals surface area contributed by atoms with Crippen LogP contribution in [0.5, 0.6) is 0 Å². The monoisotopic (exact) mass is 271 g/mol. The van der Waals surface area contributed by atoms with E-state index in [-0.39, 0.29) is 5.91 Å². The van der Waals surface area contributed by atoms with Crippen LogP contribution in [-0.4, -0.2) is 15.9 Å². The van der Waals surface area contributed by atoms with E-state index < -0.39 is 0 Å². The highest BCUT2D eigenvalue weighted by Crippen LogP contribution is 2.16. The van der Waals surface area contributed by atoms with Crippen LogP contribution in [0.2, 0.25) is 0 Å². The fraction of sp³-hybridized carbons (Fsp3) is 0.214. The molecule has 6 heteroatoms. The number of rotatable bonds is 4. The van der Waals surface area contributed by atoms with Crippen LogP contribution in [-0.2, 0) is 6.54 Å². The Hall–Kier alpha value is -2.47. The molecule has 1 aromatic carbocycles. The smallest absolute Gasteiger partial charge is 0.253 e. The zero-order valence-electron chi connectivity index (χ0n) is 11.5. The van der Waals surface area contributed by atoms with Gasteiger partial charge in [-0.3, -0.25) is 10.6 Å². The summed E-state index contributed by atoms with van der Waals surface area (Å²) < 4.78 is 0. The first-order valence-electron chi connectivity index (χ1n) is 6.24. The van der Waals surface area contributed by atoms with E-state index >= 15 is 0 Å². The minimum absolute atomic E-state index is 0.196. The molecule has 0 unspecified atom stereocenters. The predicted molar refractivity (Wildman–Crippen MR) is 76.9 cm³/mol.